The maximum Gasteiger partial charge on any atom is 0.225 e. The van der Waals surface area contributed by atoms with E-state index in [0.717, 1.165) is 45.6 Å². The predicted octanol–water partition coefficient (Wildman–Crippen LogP) is 0.983. The van der Waals surface area contributed by atoms with E-state index in [4.69, 9.17) is 4.74 Å². The Balaban J connectivity index is 1.68. The van der Waals surface area contributed by atoms with E-state index in [9.17, 15) is 4.79 Å². The molecule has 0 unspecified atom stereocenters. The Morgan fingerprint density at radius 1 is 1.30 bits per heavy atom. The molecule has 0 aliphatic carbocycles. The van der Waals surface area contributed by atoms with Gasteiger partial charge in [0.15, 0.2) is 0 Å². The molecule has 0 N–H and O–H groups in total. The standard InChI is InChI=1S/C17H28N4O2/c1-19-11-14(12-23-3)15-4-6-21(7-5-16(15)17(19)22)10-13-8-18-20(2)9-13/h8-9,14-16H,4-7,10-12H2,1-3H3/t14-,15+,16-/m0/s1. The number of hydrogen-bond acceptors (Lipinski definition) is 4. The summed E-state index contributed by atoms with van der Waals surface area (Å²) in [6.07, 6.45) is 6.04. The molecule has 6 nitrogen and oxygen atoms in total. The third-order valence-corrected chi connectivity index (χ3v) is 5.40. The molecule has 0 saturated carbocycles. The molecule has 0 spiro atoms. The minimum Gasteiger partial charge on any atom is -0.384 e. The lowest BCUT2D eigenvalue weighted by Gasteiger charge is -2.40. The number of hydrogen-bond donors (Lipinski definition) is 0. The van der Waals surface area contributed by atoms with E-state index in [-0.39, 0.29) is 5.92 Å². The number of fused-ring (bicyclic) bond motifs is 1. The molecule has 6 heteroatoms. The first-order chi connectivity index (χ1) is 11.1. The number of nitrogens with zero attached hydrogens (tertiary/aromatic N) is 4. The van der Waals surface area contributed by atoms with Crippen molar-refractivity contribution in [2.75, 3.05) is 40.4 Å². The van der Waals surface area contributed by atoms with Gasteiger partial charge < -0.3 is 9.64 Å². The minimum atomic E-state index is 0.160. The second-order valence-corrected chi connectivity index (χ2v) is 7.08. The predicted molar refractivity (Wildman–Crippen MR) is 87.7 cm³/mol. The molecule has 0 bridgehead atoms. The first-order valence-electron chi connectivity index (χ1n) is 8.52. The van der Waals surface area contributed by atoms with Crippen molar-refractivity contribution in [1.29, 1.82) is 0 Å². The summed E-state index contributed by atoms with van der Waals surface area (Å²) < 4.78 is 7.26. The maximum atomic E-state index is 12.6. The van der Waals surface area contributed by atoms with Crippen molar-refractivity contribution in [3.63, 3.8) is 0 Å². The molecule has 128 valence electrons. The average molecular weight is 320 g/mol. The SMILES string of the molecule is COC[C@@H]1CN(C)C(=O)[C@H]2CCN(Cc3cnn(C)c3)CC[C@H]12. The first-order valence-corrected chi connectivity index (χ1v) is 8.52. The molecule has 2 aliphatic heterocycles. The third-order valence-electron chi connectivity index (χ3n) is 5.40. The average Bonchev–Trinajstić information content (AvgIpc) is 2.80. The van der Waals surface area contributed by atoms with Gasteiger partial charge in [0.25, 0.3) is 0 Å². The highest BCUT2D eigenvalue weighted by Crippen LogP contribution is 2.36. The van der Waals surface area contributed by atoms with Gasteiger partial charge in [0.05, 0.1) is 12.8 Å². The van der Waals surface area contributed by atoms with E-state index in [1.807, 2.05) is 29.9 Å². The molecule has 0 aromatic carbocycles. The number of piperidine rings is 1. The Bertz CT molecular complexity index is 544. The van der Waals surface area contributed by atoms with Gasteiger partial charge in [0.2, 0.25) is 5.91 Å². The summed E-state index contributed by atoms with van der Waals surface area (Å²) in [6, 6.07) is 0. The van der Waals surface area contributed by atoms with Gasteiger partial charge >= 0.3 is 0 Å². The van der Waals surface area contributed by atoms with Crippen LogP contribution in [-0.4, -0.2) is 65.9 Å². The molecule has 2 saturated heterocycles. The number of aromatic nitrogens is 2. The number of amides is 1. The molecule has 3 atom stereocenters. The van der Waals surface area contributed by atoms with Gasteiger partial charge in [-0.1, -0.05) is 0 Å². The fraction of sp³-hybridized carbons (Fsp3) is 0.765. The van der Waals surface area contributed by atoms with Crippen LogP contribution in [0.4, 0.5) is 0 Å². The number of rotatable bonds is 4. The summed E-state index contributed by atoms with van der Waals surface area (Å²) in [5.74, 6) is 1.40. The van der Waals surface area contributed by atoms with Crippen molar-refractivity contribution in [3.8, 4) is 0 Å². The van der Waals surface area contributed by atoms with Crippen LogP contribution >= 0.6 is 0 Å². The minimum absolute atomic E-state index is 0.160. The van der Waals surface area contributed by atoms with Crippen molar-refractivity contribution >= 4 is 5.91 Å². The van der Waals surface area contributed by atoms with Crippen LogP contribution < -0.4 is 0 Å². The van der Waals surface area contributed by atoms with E-state index in [1.54, 1.807) is 7.11 Å². The quantitative estimate of drug-likeness (QED) is 0.830. The lowest BCUT2D eigenvalue weighted by atomic mass is 9.75. The molecular formula is C17H28N4O2. The van der Waals surface area contributed by atoms with Crippen molar-refractivity contribution in [3.05, 3.63) is 18.0 Å². The number of aryl methyl sites for hydroxylation is 1. The second kappa shape index (κ2) is 7.01. The van der Waals surface area contributed by atoms with Crippen LogP contribution in [0.1, 0.15) is 18.4 Å². The molecule has 3 rings (SSSR count). The van der Waals surface area contributed by atoms with Crippen molar-refractivity contribution in [2.24, 2.45) is 24.8 Å². The van der Waals surface area contributed by atoms with Crippen LogP contribution in [0.3, 0.4) is 0 Å². The van der Waals surface area contributed by atoms with Gasteiger partial charge in [0.1, 0.15) is 0 Å². The lowest BCUT2D eigenvalue weighted by Crippen LogP contribution is -2.49. The Labute approximate surface area is 138 Å². The molecule has 1 aromatic rings. The van der Waals surface area contributed by atoms with Crippen LogP contribution in [0, 0.1) is 17.8 Å². The molecule has 3 heterocycles. The van der Waals surface area contributed by atoms with Crippen LogP contribution in [0.15, 0.2) is 12.4 Å². The first kappa shape index (κ1) is 16.5. The fourth-order valence-corrected chi connectivity index (χ4v) is 4.27. The van der Waals surface area contributed by atoms with Gasteiger partial charge in [0, 0.05) is 57.9 Å². The smallest absolute Gasteiger partial charge is 0.225 e. The molecule has 23 heavy (non-hydrogen) atoms. The van der Waals surface area contributed by atoms with E-state index in [1.165, 1.54) is 5.56 Å². The number of carbonyl (C=O) groups is 1. The molecule has 2 aliphatic rings. The summed E-state index contributed by atoms with van der Waals surface area (Å²) in [7, 11) is 5.64. The van der Waals surface area contributed by atoms with Gasteiger partial charge in [-0.05, 0) is 31.8 Å². The Kier molecular flexibility index (Phi) is 5.02. The van der Waals surface area contributed by atoms with Crippen LogP contribution in [-0.2, 0) is 23.1 Å². The number of likely N-dealkylation sites (tertiary alicyclic amines) is 2. The fourth-order valence-electron chi connectivity index (χ4n) is 4.27. The summed E-state index contributed by atoms with van der Waals surface area (Å²) in [6.45, 7) is 4.53. The van der Waals surface area contributed by atoms with Gasteiger partial charge in [-0.15, -0.1) is 0 Å². The van der Waals surface area contributed by atoms with Gasteiger partial charge in [-0.25, -0.2) is 0 Å². The highest BCUT2D eigenvalue weighted by atomic mass is 16.5. The topological polar surface area (TPSA) is 50.6 Å². The maximum absolute atomic E-state index is 12.6. The van der Waals surface area contributed by atoms with E-state index < -0.39 is 0 Å². The largest absolute Gasteiger partial charge is 0.384 e. The monoisotopic (exact) mass is 320 g/mol. The van der Waals surface area contributed by atoms with E-state index in [0.29, 0.717) is 17.7 Å². The zero-order valence-electron chi connectivity index (χ0n) is 14.4. The van der Waals surface area contributed by atoms with Crippen molar-refractivity contribution < 1.29 is 9.53 Å². The Hall–Kier alpha value is -1.40. The van der Waals surface area contributed by atoms with Crippen molar-refractivity contribution in [2.45, 2.75) is 19.4 Å². The second-order valence-electron chi connectivity index (χ2n) is 7.08. The molecule has 1 amide bonds. The third kappa shape index (κ3) is 3.58. The van der Waals surface area contributed by atoms with Crippen molar-refractivity contribution in [1.82, 2.24) is 19.6 Å². The summed E-state index contributed by atoms with van der Waals surface area (Å²) in [4.78, 5) is 17.0. The number of methoxy groups -OCH3 is 1. The Morgan fingerprint density at radius 2 is 2.09 bits per heavy atom. The highest BCUT2D eigenvalue weighted by molar-refractivity contribution is 5.79. The summed E-state index contributed by atoms with van der Waals surface area (Å²) >= 11 is 0. The number of carbonyl (C=O) groups excluding carboxylic acids is 1. The zero-order chi connectivity index (χ0) is 16.4. The summed E-state index contributed by atoms with van der Waals surface area (Å²) in [5.41, 5.74) is 1.24. The van der Waals surface area contributed by atoms with Crippen LogP contribution in [0.5, 0.6) is 0 Å². The highest BCUT2D eigenvalue weighted by Gasteiger charge is 2.42. The lowest BCUT2D eigenvalue weighted by molar-refractivity contribution is -0.143. The molecular weight excluding hydrogens is 292 g/mol. The normalized spacial score (nSPS) is 29.4. The zero-order valence-corrected chi connectivity index (χ0v) is 14.4. The molecule has 2 fully saturated rings. The van der Waals surface area contributed by atoms with Crippen LogP contribution in [0.25, 0.3) is 0 Å². The number of ether oxygens (including phenoxy) is 1. The van der Waals surface area contributed by atoms with Gasteiger partial charge in [-0.2, -0.15) is 5.10 Å². The van der Waals surface area contributed by atoms with Crippen LogP contribution in [0.2, 0.25) is 0 Å². The van der Waals surface area contributed by atoms with E-state index in [2.05, 4.69) is 16.2 Å². The summed E-state index contributed by atoms with van der Waals surface area (Å²) in [5, 5.41) is 4.25. The Morgan fingerprint density at radius 3 is 2.78 bits per heavy atom. The molecule has 0 radical (unpaired) electrons. The van der Waals surface area contributed by atoms with E-state index >= 15 is 0 Å². The molecule has 1 aromatic heterocycles. The van der Waals surface area contributed by atoms with Gasteiger partial charge in [-0.3, -0.25) is 14.4 Å².